The van der Waals surface area contributed by atoms with Gasteiger partial charge in [-0.15, -0.1) is 0 Å². The third-order valence-corrected chi connectivity index (χ3v) is 2.34. The van der Waals surface area contributed by atoms with Crippen LogP contribution in [-0.2, 0) is 14.3 Å². The van der Waals surface area contributed by atoms with E-state index in [9.17, 15) is 9.59 Å². The van der Waals surface area contributed by atoms with Crippen LogP contribution in [0, 0.1) is 11.8 Å². The summed E-state index contributed by atoms with van der Waals surface area (Å²) in [6, 6.07) is 0. The fourth-order valence-electron chi connectivity index (χ4n) is 1.69. The van der Waals surface area contributed by atoms with Crippen molar-refractivity contribution in [3.8, 4) is 0 Å². The first-order valence-corrected chi connectivity index (χ1v) is 3.97. The molecule has 4 nitrogen and oxygen atoms in total. The standard InChI is InChI=1S/C8H12O4/c1-12-8(11)6-4-2-3-5(6)7(9)10/h5-6H,2-4H2,1H3,(H,9,10)/t5-,6+/m1/s1. The van der Waals surface area contributed by atoms with E-state index in [1.165, 1.54) is 7.11 Å². The molecule has 0 aliphatic heterocycles. The molecular formula is C8H12O4. The lowest BCUT2D eigenvalue weighted by atomic mass is 9.97. The lowest BCUT2D eigenvalue weighted by Crippen LogP contribution is -2.26. The van der Waals surface area contributed by atoms with Gasteiger partial charge >= 0.3 is 11.9 Å². The average molecular weight is 172 g/mol. The number of rotatable bonds is 2. The van der Waals surface area contributed by atoms with E-state index in [1.54, 1.807) is 0 Å². The Morgan fingerprint density at radius 3 is 2.42 bits per heavy atom. The minimum absolute atomic E-state index is 0.389. The van der Waals surface area contributed by atoms with Gasteiger partial charge in [0.25, 0.3) is 0 Å². The van der Waals surface area contributed by atoms with Crippen LogP contribution in [0.1, 0.15) is 19.3 Å². The van der Waals surface area contributed by atoms with Gasteiger partial charge in [0.15, 0.2) is 0 Å². The van der Waals surface area contributed by atoms with Gasteiger partial charge in [-0.25, -0.2) is 0 Å². The second-order valence-electron chi connectivity index (χ2n) is 3.01. The van der Waals surface area contributed by atoms with E-state index in [-0.39, 0.29) is 5.97 Å². The molecule has 1 rings (SSSR count). The molecule has 68 valence electrons. The summed E-state index contributed by atoms with van der Waals surface area (Å²) in [5.41, 5.74) is 0. The highest BCUT2D eigenvalue weighted by Crippen LogP contribution is 2.32. The number of carboxylic acid groups (broad SMARTS) is 1. The minimum atomic E-state index is -0.886. The molecule has 0 amide bonds. The summed E-state index contributed by atoms with van der Waals surface area (Å²) in [5.74, 6) is -2.23. The summed E-state index contributed by atoms with van der Waals surface area (Å²) >= 11 is 0. The molecule has 0 aromatic carbocycles. The van der Waals surface area contributed by atoms with Crippen LogP contribution in [0.4, 0.5) is 0 Å². The summed E-state index contributed by atoms with van der Waals surface area (Å²) in [4.78, 5) is 21.7. The van der Waals surface area contributed by atoms with Crippen molar-refractivity contribution in [1.29, 1.82) is 0 Å². The molecule has 1 N–H and O–H groups in total. The Kier molecular flexibility index (Phi) is 2.68. The van der Waals surface area contributed by atoms with Crippen LogP contribution < -0.4 is 0 Å². The van der Waals surface area contributed by atoms with E-state index in [1.807, 2.05) is 0 Å². The minimum Gasteiger partial charge on any atom is -0.481 e. The van der Waals surface area contributed by atoms with Gasteiger partial charge in [0.05, 0.1) is 18.9 Å². The lowest BCUT2D eigenvalue weighted by Gasteiger charge is -2.12. The van der Waals surface area contributed by atoms with E-state index in [0.29, 0.717) is 12.8 Å². The number of carbonyl (C=O) groups excluding carboxylic acids is 1. The molecule has 0 radical (unpaired) electrons. The molecule has 4 heteroatoms. The highest BCUT2D eigenvalue weighted by molar-refractivity contribution is 5.81. The Bertz CT molecular complexity index is 199. The lowest BCUT2D eigenvalue weighted by molar-refractivity contribution is -0.154. The number of ether oxygens (including phenoxy) is 1. The summed E-state index contributed by atoms with van der Waals surface area (Å²) < 4.78 is 4.51. The first-order chi connectivity index (χ1) is 5.66. The Balaban J connectivity index is 2.63. The summed E-state index contributed by atoms with van der Waals surface area (Å²) in [5, 5.41) is 8.72. The van der Waals surface area contributed by atoms with Gasteiger partial charge in [0.2, 0.25) is 0 Å². The molecule has 0 bridgehead atoms. The van der Waals surface area contributed by atoms with Crippen LogP contribution in [0.15, 0.2) is 0 Å². The van der Waals surface area contributed by atoms with E-state index in [0.717, 1.165) is 6.42 Å². The summed E-state index contributed by atoms with van der Waals surface area (Å²) in [7, 11) is 1.29. The number of aliphatic carboxylic acids is 1. The van der Waals surface area contributed by atoms with Crippen molar-refractivity contribution in [2.75, 3.05) is 7.11 Å². The van der Waals surface area contributed by atoms with Gasteiger partial charge in [0, 0.05) is 0 Å². The van der Waals surface area contributed by atoms with Crippen molar-refractivity contribution >= 4 is 11.9 Å². The summed E-state index contributed by atoms with van der Waals surface area (Å²) in [6.45, 7) is 0. The zero-order chi connectivity index (χ0) is 9.14. The first kappa shape index (κ1) is 9.03. The van der Waals surface area contributed by atoms with E-state index in [4.69, 9.17) is 5.11 Å². The summed E-state index contributed by atoms with van der Waals surface area (Å²) in [6.07, 6.45) is 2.04. The Morgan fingerprint density at radius 1 is 1.33 bits per heavy atom. The molecule has 12 heavy (non-hydrogen) atoms. The zero-order valence-corrected chi connectivity index (χ0v) is 6.95. The molecule has 0 saturated heterocycles. The molecule has 0 aromatic heterocycles. The molecule has 1 aliphatic rings. The van der Waals surface area contributed by atoms with E-state index >= 15 is 0 Å². The molecule has 0 spiro atoms. The Morgan fingerprint density at radius 2 is 1.92 bits per heavy atom. The van der Waals surface area contributed by atoms with Gasteiger partial charge in [-0.1, -0.05) is 6.42 Å². The van der Waals surface area contributed by atoms with Crippen LogP contribution in [0.3, 0.4) is 0 Å². The quantitative estimate of drug-likeness (QED) is 0.621. The predicted octanol–water partition coefficient (Wildman–Crippen LogP) is 0.660. The number of carboxylic acids is 1. The van der Waals surface area contributed by atoms with Crippen LogP contribution in [-0.4, -0.2) is 24.2 Å². The Labute approximate surface area is 70.5 Å². The molecule has 1 fully saturated rings. The van der Waals surface area contributed by atoms with Crippen molar-refractivity contribution in [1.82, 2.24) is 0 Å². The highest BCUT2D eigenvalue weighted by atomic mass is 16.5. The van der Waals surface area contributed by atoms with E-state index < -0.39 is 17.8 Å². The SMILES string of the molecule is COC(=O)[C@H]1CCC[C@H]1C(=O)O. The maximum atomic E-state index is 11.0. The van der Waals surface area contributed by atoms with Gasteiger partial charge in [-0.05, 0) is 12.8 Å². The van der Waals surface area contributed by atoms with Crippen molar-refractivity contribution in [2.45, 2.75) is 19.3 Å². The van der Waals surface area contributed by atoms with Crippen LogP contribution in [0.25, 0.3) is 0 Å². The number of hydrogen-bond donors (Lipinski definition) is 1. The third-order valence-electron chi connectivity index (χ3n) is 2.34. The fraction of sp³-hybridized carbons (Fsp3) is 0.750. The predicted molar refractivity (Wildman–Crippen MR) is 40.5 cm³/mol. The van der Waals surface area contributed by atoms with Crippen molar-refractivity contribution in [3.05, 3.63) is 0 Å². The van der Waals surface area contributed by atoms with Gasteiger partial charge in [-0.3, -0.25) is 9.59 Å². The molecule has 1 saturated carbocycles. The smallest absolute Gasteiger partial charge is 0.309 e. The number of methoxy groups -OCH3 is 1. The molecule has 0 aromatic rings. The third kappa shape index (κ3) is 1.57. The Hall–Kier alpha value is -1.06. The van der Waals surface area contributed by atoms with Crippen LogP contribution in [0.5, 0.6) is 0 Å². The maximum Gasteiger partial charge on any atom is 0.309 e. The average Bonchev–Trinajstić information content (AvgIpc) is 2.50. The first-order valence-electron chi connectivity index (χ1n) is 3.97. The van der Waals surface area contributed by atoms with Crippen molar-refractivity contribution < 1.29 is 19.4 Å². The maximum absolute atomic E-state index is 11.0. The topological polar surface area (TPSA) is 63.6 Å². The number of hydrogen-bond acceptors (Lipinski definition) is 3. The molecule has 2 atom stereocenters. The van der Waals surface area contributed by atoms with Gasteiger partial charge < -0.3 is 9.84 Å². The van der Waals surface area contributed by atoms with Gasteiger partial charge in [0.1, 0.15) is 0 Å². The highest BCUT2D eigenvalue weighted by Gasteiger charge is 2.38. The van der Waals surface area contributed by atoms with Crippen molar-refractivity contribution in [3.63, 3.8) is 0 Å². The molecule has 0 heterocycles. The molecule has 1 aliphatic carbocycles. The van der Waals surface area contributed by atoms with Crippen LogP contribution in [0.2, 0.25) is 0 Å². The fourth-order valence-corrected chi connectivity index (χ4v) is 1.69. The molecule has 0 unspecified atom stereocenters. The second-order valence-corrected chi connectivity index (χ2v) is 3.01. The normalized spacial score (nSPS) is 28.4. The van der Waals surface area contributed by atoms with Gasteiger partial charge in [-0.2, -0.15) is 0 Å². The number of esters is 1. The van der Waals surface area contributed by atoms with E-state index in [2.05, 4.69) is 4.74 Å². The van der Waals surface area contributed by atoms with Crippen LogP contribution >= 0.6 is 0 Å². The number of carbonyl (C=O) groups is 2. The van der Waals surface area contributed by atoms with Crippen molar-refractivity contribution in [2.24, 2.45) is 11.8 Å². The largest absolute Gasteiger partial charge is 0.481 e. The zero-order valence-electron chi connectivity index (χ0n) is 6.95. The molecular weight excluding hydrogens is 160 g/mol. The second kappa shape index (κ2) is 3.56. The monoisotopic (exact) mass is 172 g/mol.